The maximum atomic E-state index is 12.4. The molecule has 4 atom stereocenters. The van der Waals surface area contributed by atoms with E-state index in [9.17, 15) is 4.79 Å². The molecule has 0 spiro atoms. The minimum atomic E-state index is 0.143. The van der Waals surface area contributed by atoms with E-state index in [1.807, 2.05) is 6.07 Å². The van der Waals surface area contributed by atoms with E-state index >= 15 is 0 Å². The maximum Gasteiger partial charge on any atom is 0.153 e. The van der Waals surface area contributed by atoms with Gasteiger partial charge in [-0.3, -0.25) is 9.69 Å². The van der Waals surface area contributed by atoms with Gasteiger partial charge >= 0.3 is 0 Å². The van der Waals surface area contributed by atoms with Crippen LogP contribution in [0.3, 0.4) is 0 Å². The monoisotopic (exact) mass is 243 g/mol. The third-order valence-corrected chi connectivity index (χ3v) is 4.64. The first-order valence-corrected chi connectivity index (χ1v) is 7.13. The number of piperidine rings is 3. The summed E-state index contributed by atoms with van der Waals surface area (Å²) in [6.45, 7) is 3.36. The van der Waals surface area contributed by atoms with E-state index in [1.54, 1.807) is 0 Å². The molecule has 3 fully saturated rings. The fourth-order valence-electron chi connectivity index (χ4n) is 3.63. The van der Waals surface area contributed by atoms with E-state index in [0.717, 1.165) is 25.8 Å². The van der Waals surface area contributed by atoms with Gasteiger partial charge in [0.25, 0.3) is 0 Å². The van der Waals surface area contributed by atoms with Gasteiger partial charge in [-0.25, -0.2) is 0 Å². The third-order valence-electron chi connectivity index (χ3n) is 4.64. The molecule has 3 aliphatic rings. The van der Waals surface area contributed by atoms with Crippen molar-refractivity contribution < 1.29 is 4.79 Å². The van der Waals surface area contributed by atoms with Gasteiger partial charge in [-0.15, -0.1) is 0 Å². The number of carbonyl (C=O) groups excluding carboxylic acids is 1. The Balaban J connectivity index is 1.80. The van der Waals surface area contributed by atoms with E-state index in [2.05, 4.69) is 36.1 Å². The number of carbonyl (C=O) groups is 1. The maximum absolute atomic E-state index is 12.4. The molecule has 0 aromatic heterocycles. The van der Waals surface area contributed by atoms with Crippen LogP contribution in [-0.2, 0) is 11.2 Å². The Labute approximate surface area is 109 Å². The van der Waals surface area contributed by atoms with Crippen LogP contribution in [0.5, 0.6) is 0 Å². The lowest BCUT2D eigenvalue weighted by Gasteiger charge is -2.49. The van der Waals surface area contributed by atoms with Gasteiger partial charge < -0.3 is 0 Å². The number of Topliss-reactive ketones (excluding diaryl/α,β-unsaturated/α-hetero) is 1. The lowest BCUT2D eigenvalue weighted by Crippen LogP contribution is -2.60. The molecule has 0 N–H and O–H groups in total. The topological polar surface area (TPSA) is 20.3 Å². The standard InChI is InChI=1S/C16H21NO/c1-2-14-11-13-8-9-17(14)15(16(13)18)10-12-6-4-3-5-7-12/h3-7,13-15H,2,8-11H2,1H3. The number of ketones is 1. The zero-order chi connectivity index (χ0) is 12.5. The average Bonchev–Trinajstić information content (AvgIpc) is 2.43. The number of nitrogens with zero attached hydrogens (tertiary/aromatic N) is 1. The van der Waals surface area contributed by atoms with Crippen LogP contribution in [0.4, 0.5) is 0 Å². The normalized spacial score (nSPS) is 34.8. The second-order valence-corrected chi connectivity index (χ2v) is 5.63. The van der Waals surface area contributed by atoms with Crippen molar-refractivity contribution >= 4 is 5.78 Å². The van der Waals surface area contributed by atoms with Crippen molar-refractivity contribution in [1.29, 1.82) is 0 Å². The fourth-order valence-corrected chi connectivity index (χ4v) is 3.63. The van der Waals surface area contributed by atoms with Crippen LogP contribution in [0, 0.1) is 5.92 Å². The van der Waals surface area contributed by atoms with Gasteiger partial charge in [0.2, 0.25) is 0 Å². The Kier molecular flexibility index (Phi) is 3.21. The Morgan fingerprint density at radius 1 is 1.28 bits per heavy atom. The van der Waals surface area contributed by atoms with Crippen molar-refractivity contribution in [3.63, 3.8) is 0 Å². The molecule has 4 rings (SSSR count). The number of benzene rings is 1. The number of hydrogen-bond donors (Lipinski definition) is 0. The highest BCUT2D eigenvalue weighted by atomic mass is 16.1. The molecule has 2 heteroatoms. The summed E-state index contributed by atoms with van der Waals surface area (Å²) in [5.74, 6) is 0.837. The molecule has 3 aliphatic heterocycles. The molecule has 2 nitrogen and oxygen atoms in total. The molecule has 0 aliphatic carbocycles. The minimum Gasteiger partial charge on any atom is -0.298 e. The lowest BCUT2D eigenvalue weighted by molar-refractivity contribution is -0.141. The molecule has 3 heterocycles. The molecule has 3 saturated heterocycles. The Bertz CT molecular complexity index is 428. The molecule has 0 amide bonds. The third kappa shape index (κ3) is 1.99. The van der Waals surface area contributed by atoms with Crippen molar-refractivity contribution in [3.05, 3.63) is 35.9 Å². The number of hydrogen-bond acceptors (Lipinski definition) is 2. The van der Waals surface area contributed by atoms with E-state index < -0.39 is 0 Å². The van der Waals surface area contributed by atoms with Crippen molar-refractivity contribution in [1.82, 2.24) is 4.90 Å². The summed E-state index contributed by atoms with van der Waals surface area (Å²) >= 11 is 0. The van der Waals surface area contributed by atoms with Crippen LogP contribution in [0.15, 0.2) is 30.3 Å². The molecular weight excluding hydrogens is 222 g/mol. The van der Waals surface area contributed by atoms with E-state index in [1.165, 1.54) is 12.0 Å². The minimum absolute atomic E-state index is 0.143. The highest BCUT2D eigenvalue weighted by molar-refractivity contribution is 5.88. The van der Waals surface area contributed by atoms with Crippen molar-refractivity contribution in [2.45, 2.75) is 44.7 Å². The first-order chi connectivity index (χ1) is 8.79. The van der Waals surface area contributed by atoms with Crippen molar-refractivity contribution in [3.8, 4) is 0 Å². The fraction of sp³-hybridized carbons (Fsp3) is 0.562. The second-order valence-electron chi connectivity index (χ2n) is 5.63. The largest absolute Gasteiger partial charge is 0.298 e. The Morgan fingerprint density at radius 2 is 2.06 bits per heavy atom. The summed E-state index contributed by atoms with van der Waals surface area (Å²) in [6, 6.07) is 11.2. The van der Waals surface area contributed by atoms with Crippen molar-refractivity contribution in [2.75, 3.05) is 6.54 Å². The second kappa shape index (κ2) is 4.85. The Morgan fingerprint density at radius 3 is 2.78 bits per heavy atom. The molecule has 2 bridgehead atoms. The van der Waals surface area contributed by atoms with Gasteiger partial charge in [0.15, 0.2) is 5.78 Å². The Hall–Kier alpha value is -1.15. The van der Waals surface area contributed by atoms with Crippen LogP contribution >= 0.6 is 0 Å². The molecule has 4 unspecified atom stereocenters. The van der Waals surface area contributed by atoms with Gasteiger partial charge in [0, 0.05) is 12.0 Å². The van der Waals surface area contributed by atoms with Crippen LogP contribution in [0.25, 0.3) is 0 Å². The summed E-state index contributed by atoms with van der Waals surface area (Å²) in [5.41, 5.74) is 1.29. The summed E-state index contributed by atoms with van der Waals surface area (Å²) in [4.78, 5) is 14.9. The summed E-state index contributed by atoms with van der Waals surface area (Å²) < 4.78 is 0. The summed E-state index contributed by atoms with van der Waals surface area (Å²) in [6.07, 6.45) is 4.25. The van der Waals surface area contributed by atoms with Crippen LogP contribution in [0.1, 0.15) is 31.7 Å². The van der Waals surface area contributed by atoms with Crippen molar-refractivity contribution in [2.24, 2.45) is 5.92 Å². The smallest absolute Gasteiger partial charge is 0.153 e. The van der Waals surface area contributed by atoms with Crippen LogP contribution in [0.2, 0.25) is 0 Å². The molecule has 0 saturated carbocycles. The molecule has 1 aromatic carbocycles. The summed E-state index contributed by atoms with van der Waals surface area (Å²) in [7, 11) is 0. The van der Waals surface area contributed by atoms with E-state index in [0.29, 0.717) is 17.7 Å². The molecular formula is C16H21NO. The average molecular weight is 243 g/mol. The van der Waals surface area contributed by atoms with Crippen LogP contribution < -0.4 is 0 Å². The van der Waals surface area contributed by atoms with E-state index in [-0.39, 0.29) is 6.04 Å². The number of rotatable bonds is 3. The van der Waals surface area contributed by atoms with Gasteiger partial charge in [-0.2, -0.15) is 0 Å². The lowest BCUT2D eigenvalue weighted by atomic mass is 9.75. The highest BCUT2D eigenvalue weighted by Gasteiger charge is 2.45. The highest BCUT2D eigenvalue weighted by Crippen LogP contribution is 2.36. The summed E-state index contributed by atoms with van der Waals surface area (Å²) in [5, 5.41) is 0. The van der Waals surface area contributed by atoms with Gasteiger partial charge in [0.05, 0.1) is 6.04 Å². The molecule has 0 radical (unpaired) electrons. The zero-order valence-corrected chi connectivity index (χ0v) is 11.0. The van der Waals surface area contributed by atoms with Crippen LogP contribution in [-0.4, -0.2) is 29.3 Å². The predicted octanol–water partition coefficient (Wildman–Crippen LogP) is 2.67. The van der Waals surface area contributed by atoms with Gasteiger partial charge in [0.1, 0.15) is 0 Å². The molecule has 18 heavy (non-hydrogen) atoms. The van der Waals surface area contributed by atoms with Gasteiger partial charge in [-0.05, 0) is 37.8 Å². The predicted molar refractivity (Wildman–Crippen MR) is 72.5 cm³/mol. The quantitative estimate of drug-likeness (QED) is 0.813. The van der Waals surface area contributed by atoms with Gasteiger partial charge in [-0.1, -0.05) is 37.3 Å². The first-order valence-electron chi connectivity index (χ1n) is 7.13. The molecule has 1 aromatic rings. The van der Waals surface area contributed by atoms with E-state index in [4.69, 9.17) is 0 Å². The molecule has 96 valence electrons. The zero-order valence-electron chi connectivity index (χ0n) is 11.0. The number of fused-ring (bicyclic) bond motifs is 3. The SMILES string of the molecule is CCC1CC2CCN1C(Cc1ccccc1)C2=O. The first kappa shape index (κ1) is 11.9.